The minimum absolute atomic E-state index is 0.00522. The third-order valence-corrected chi connectivity index (χ3v) is 6.85. The van der Waals surface area contributed by atoms with E-state index in [0.29, 0.717) is 47.7 Å². The molecule has 0 unspecified atom stereocenters. The van der Waals surface area contributed by atoms with Crippen LogP contribution < -0.4 is 4.74 Å². The van der Waals surface area contributed by atoms with E-state index in [2.05, 4.69) is 10.1 Å². The maximum atomic E-state index is 13.8. The summed E-state index contributed by atoms with van der Waals surface area (Å²) in [6, 6.07) is 7.62. The van der Waals surface area contributed by atoms with Gasteiger partial charge in [-0.2, -0.15) is 18.3 Å². The zero-order valence-electron chi connectivity index (χ0n) is 20.7. The van der Waals surface area contributed by atoms with E-state index < -0.39 is 24.0 Å². The Morgan fingerprint density at radius 2 is 1.97 bits per heavy atom. The van der Waals surface area contributed by atoms with E-state index in [9.17, 15) is 27.8 Å². The number of likely N-dealkylation sites (tertiary alicyclic amines) is 1. The molecule has 37 heavy (non-hydrogen) atoms. The third-order valence-electron chi connectivity index (χ3n) is 6.85. The van der Waals surface area contributed by atoms with Gasteiger partial charge in [-0.25, -0.2) is 9.37 Å². The van der Waals surface area contributed by atoms with Crippen molar-refractivity contribution >= 4 is 0 Å². The summed E-state index contributed by atoms with van der Waals surface area (Å²) in [5, 5.41) is 24.5. The van der Waals surface area contributed by atoms with Crippen LogP contribution in [-0.4, -0.2) is 61.8 Å². The summed E-state index contributed by atoms with van der Waals surface area (Å²) in [5.74, 6) is -2.42. The molecule has 1 fully saturated rings. The van der Waals surface area contributed by atoms with Crippen molar-refractivity contribution in [3.05, 3.63) is 53.9 Å². The fourth-order valence-electron chi connectivity index (χ4n) is 4.72. The van der Waals surface area contributed by atoms with Crippen LogP contribution in [0.1, 0.15) is 32.3 Å². The number of aliphatic hydroxyl groups excluding tert-OH is 1. The van der Waals surface area contributed by atoms with Crippen LogP contribution in [0.3, 0.4) is 0 Å². The maximum absolute atomic E-state index is 13.8. The van der Waals surface area contributed by atoms with Crippen LogP contribution in [0.2, 0.25) is 0 Å². The molecule has 2 aromatic heterocycles. The summed E-state index contributed by atoms with van der Waals surface area (Å²) in [6.45, 7) is 2.04. The fraction of sp³-hybridized carbons (Fsp3) is 0.462. The Bertz CT molecular complexity index is 1230. The molecule has 1 aliphatic heterocycles. The molecule has 200 valence electrons. The van der Waals surface area contributed by atoms with Crippen LogP contribution in [0, 0.1) is 17.7 Å². The zero-order valence-corrected chi connectivity index (χ0v) is 20.7. The van der Waals surface area contributed by atoms with Gasteiger partial charge in [0.1, 0.15) is 5.75 Å². The van der Waals surface area contributed by atoms with E-state index in [1.54, 1.807) is 29.8 Å². The summed E-state index contributed by atoms with van der Waals surface area (Å²) in [7, 11) is 0. The molecular formula is C26H30F4N4O3. The average Bonchev–Trinajstić information content (AvgIpc) is 3.31. The van der Waals surface area contributed by atoms with Gasteiger partial charge in [0.15, 0.2) is 5.82 Å². The van der Waals surface area contributed by atoms with E-state index in [-0.39, 0.29) is 18.3 Å². The molecule has 0 radical (unpaired) electrons. The zero-order chi connectivity index (χ0) is 26.7. The lowest BCUT2D eigenvalue weighted by atomic mass is 9.83. The normalized spacial score (nSPS) is 18.2. The van der Waals surface area contributed by atoms with Crippen molar-refractivity contribution in [2.75, 3.05) is 19.7 Å². The summed E-state index contributed by atoms with van der Waals surface area (Å²) in [5.41, 5.74) is 1.13. The van der Waals surface area contributed by atoms with E-state index in [4.69, 9.17) is 4.74 Å². The van der Waals surface area contributed by atoms with Gasteiger partial charge in [0, 0.05) is 48.4 Å². The molecule has 0 spiro atoms. The van der Waals surface area contributed by atoms with E-state index >= 15 is 0 Å². The first-order valence-electron chi connectivity index (χ1n) is 12.1. The number of nitrogens with zero attached hydrogens (tertiary/aromatic N) is 4. The highest BCUT2D eigenvalue weighted by atomic mass is 19.3. The Morgan fingerprint density at radius 3 is 2.65 bits per heavy atom. The van der Waals surface area contributed by atoms with Crippen molar-refractivity contribution in [1.82, 2.24) is 19.7 Å². The van der Waals surface area contributed by atoms with Crippen molar-refractivity contribution in [3.8, 4) is 28.3 Å². The number of aliphatic hydroxyl groups is 2. The molecular weight excluding hydrogens is 492 g/mol. The third kappa shape index (κ3) is 6.11. The average molecular weight is 523 g/mol. The molecule has 0 saturated carbocycles. The number of aromatic nitrogens is 3. The Kier molecular flexibility index (Phi) is 8.15. The summed E-state index contributed by atoms with van der Waals surface area (Å²) < 4.78 is 60.1. The fourth-order valence-corrected chi connectivity index (χ4v) is 4.72. The molecule has 4 rings (SSSR count). The molecule has 11 heteroatoms. The van der Waals surface area contributed by atoms with Gasteiger partial charge in [0.25, 0.3) is 0 Å². The lowest BCUT2D eigenvalue weighted by Crippen LogP contribution is -2.47. The van der Waals surface area contributed by atoms with E-state index in [1.807, 2.05) is 11.8 Å². The Labute approximate surface area is 212 Å². The van der Waals surface area contributed by atoms with Crippen LogP contribution in [-0.2, 0) is 13.1 Å². The highest BCUT2D eigenvalue weighted by Gasteiger charge is 2.35. The molecule has 0 amide bonds. The molecule has 3 heterocycles. The second-order valence-electron chi connectivity index (χ2n) is 9.52. The first kappa shape index (κ1) is 27.0. The minimum atomic E-state index is -3.03. The second-order valence-corrected chi connectivity index (χ2v) is 9.52. The van der Waals surface area contributed by atoms with Crippen molar-refractivity contribution in [2.24, 2.45) is 5.92 Å². The van der Waals surface area contributed by atoms with Crippen LogP contribution >= 0.6 is 0 Å². The standard InChI is InChI=1S/C26H30F4N4O3/c1-3-34-22(18-9-20(27)24(28)31-12-18)11-21(32-34)16-6-7-17(23(10-16)37-25(29)30)13-33-8-4-5-19(14-33)26(2,36)15-35/h6-7,9-12,19,25,35-36H,3-5,8,13-15H2,1-2H3/t19-,26+/m0/s1. The Morgan fingerprint density at radius 1 is 1.19 bits per heavy atom. The first-order valence-corrected chi connectivity index (χ1v) is 12.1. The number of piperidine rings is 1. The quantitative estimate of drug-likeness (QED) is 0.319. The van der Waals surface area contributed by atoms with Crippen LogP contribution in [0.25, 0.3) is 22.5 Å². The van der Waals surface area contributed by atoms with Crippen LogP contribution in [0.4, 0.5) is 17.6 Å². The SMILES string of the molecule is CCn1nc(-c2ccc(CN3CCC[C@H]([C@](C)(O)CO)C3)c(OC(F)F)c2)cc1-c1cnc(F)c(F)c1. The lowest BCUT2D eigenvalue weighted by Gasteiger charge is -2.39. The van der Waals surface area contributed by atoms with E-state index in [0.717, 1.165) is 25.5 Å². The predicted octanol–water partition coefficient (Wildman–Crippen LogP) is 4.47. The topological polar surface area (TPSA) is 83.6 Å². The van der Waals surface area contributed by atoms with Crippen molar-refractivity contribution in [3.63, 3.8) is 0 Å². The van der Waals surface area contributed by atoms with Gasteiger partial charge in [-0.05, 0) is 51.4 Å². The van der Waals surface area contributed by atoms with E-state index in [1.165, 1.54) is 12.3 Å². The smallest absolute Gasteiger partial charge is 0.387 e. The number of aryl methyl sites for hydroxylation is 1. The number of halogens is 4. The summed E-state index contributed by atoms with van der Waals surface area (Å²) in [6.07, 6.45) is 2.78. The molecule has 3 aromatic rings. The van der Waals surface area contributed by atoms with Gasteiger partial charge in [0.05, 0.1) is 23.6 Å². The number of hydrogen-bond acceptors (Lipinski definition) is 6. The van der Waals surface area contributed by atoms with Gasteiger partial charge >= 0.3 is 6.61 Å². The second kappa shape index (κ2) is 11.2. The summed E-state index contributed by atoms with van der Waals surface area (Å²) in [4.78, 5) is 5.48. The van der Waals surface area contributed by atoms with Gasteiger partial charge < -0.3 is 14.9 Å². The molecule has 1 aliphatic rings. The lowest BCUT2D eigenvalue weighted by molar-refractivity contribution is -0.0702. The van der Waals surface area contributed by atoms with Gasteiger partial charge in [-0.3, -0.25) is 9.58 Å². The Hall–Kier alpha value is -3.02. The highest BCUT2D eigenvalue weighted by Crippen LogP contribution is 2.33. The predicted molar refractivity (Wildman–Crippen MR) is 129 cm³/mol. The maximum Gasteiger partial charge on any atom is 0.387 e. The largest absolute Gasteiger partial charge is 0.434 e. The molecule has 1 aromatic carbocycles. The number of rotatable bonds is 9. The van der Waals surface area contributed by atoms with Gasteiger partial charge in [-0.1, -0.05) is 12.1 Å². The molecule has 0 aliphatic carbocycles. The van der Waals surface area contributed by atoms with Gasteiger partial charge in [0.2, 0.25) is 5.95 Å². The number of hydrogen-bond donors (Lipinski definition) is 2. The molecule has 0 bridgehead atoms. The van der Waals surface area contributed by atoms with Crippen molar-refractivity contribution < 1.29 is 32.5 Å². The molecule has 1 saturated heterocycles. The van der Waals surface area contributed by atoms with Crippen LogP contribution in [0.15, 0.2) is 36.5 Å². The van der Waals surface area contributed by atoms with Crippen molar-refractivity contribution in [2.45, 2.75) is 52.0 Å². The minimum Gasteiger partial charge on any atom is -0.434 e. The first-order chi connectivity index (χ1) is 17.6. The number of benzene rings is 1. The molecule has 7 nitrogen and oxygen atoms in total. The van der Waals surface area contributed by atoms with Gasteiger partial charge in [-0.15, -0.1) is 0 Å². The monoisotopic (exact) mass is 522 g/mol. The number of ether oxygens (including phenoxy) is 1. The summed E-state index contributed by atoms with van der Waals surface area (Å²) >= 11 is 0. The molecule has 2 atom stereocenters. The highest BCUT2D eigenvalue weighted by molar-refractivity contribution is 5.69. The number of pyridine rings is 1. The van der Waals surface area contributed by atoms with Crippen molar-refractivity contribution in [1.29, 1.82) is 0 Å². The molecule has 2 N–H and O–H groups in total. The Balaban J connectivity index is 1.63. The van der Waals surface area contributed by atoms with Crippen LogP contribution in [0.5, 0.6) is 5.75 Å². The number of alkyl halides is 2.